The Bertz CT molecular complexity index is 954. The summed E-state index contributed by atoms with van der Waals surface area (Å²) in [5, 5.41) is 4.05. The van der Waals surface area contributed by atoms with Gasteiger partial charge in [0.15, 0.2) is 0 Å². The van der Waals surface area contributed by atoms with Crippen LogP contribution in [0.2, 0.25) is 0 Å². The molecule has 2 heteroatoms. The number of hydrogen-bond donors (Lipinski definition) is 1. The van der Waals surface area contributed by atoms with E-state index in [1.54, 1.807) is 0 Å². The minimum Gasteiger partial charge on any atom is -0.303 e. The van der Waals surface area contributed by atoms with Gasteiger partial charge >= 0.3 is 0 Å². The Labute approximate surface area is 180 Å². The molecule has 5 rings (SSSR count). The Morgan fingerprint density at radius 3 is 1.87 bits per heavy atom. The van der Waals surface area contributed by atoms with Crippen LogP contribution in [-0.4, -0.2) is 30.6 Å². The highest BCUT2D eigenvalue weighted by Crippen LogP contribution is 2.44. The summed E-state index contributed by atoms with van der Waals surface area (Å²) in [6.45, 7) is 0. The van der Waals surface area contributed by atoms with Crippen molar-refractivity contribution in [2.45, 2.75) is 49.7 Å². The van der Waals surface area contributed by atoms with Crippen LogP contribution >= 0.6 is 0 Å². The fourth-order valence-electron chi connectivity index (χ4n) is 5.65. The van der Waals surface area contributed by atoms with Gasteiger partial charge in [0, 0.05) is 11.6 Å². The Morgan fingerprint density at radius 2 is 1.30 bits per heavy atom. The molecular formula is C28H32N2. The standard InChI is InChI=1S/C28H32N2/c1-30(2)28(20-21-10-4-3-5-11-21)18-16-22(17-19-28)29-27-25-14-8-6-12-23(25)24-13-7-9-15-26(24)27/h3-15,22,27,29H,16-20H2,1-2H3. The average molecular weight is 397 g/mol. The van der Waals surface area contributed by atoms with E-state index in [2.05, 4.69) is 103 Å². The maximum Gasteiger partial charge on any atom is 0.0591 e. The number of fused-ring (bicyclic) bond motifs is 3. The summed E-state index contributed by atoms with van der Waals surface area (Å²) in [7, 11) is 4.53. The van der Waals surface area contributed by atoms with Gasteiger partial charge in [-0.05, 0) is 74.0 Å². The number of likely N-dealkylation sites (N-methyl/N-ethyl adjacent to an activating group) is 1. The molecule has 1 saturated carbocycles. The van der Waals surface area contributed by atoms with E-state index in [9.17, 15) is 0 Å². The number of nitrogens with one attached hydrogen (secondary N) is 1. The Balaban J connectivity index is 1.33. The lowest BCUT2D eigenvalue weighted by Gasteiger charge is -2.46. The SMILES string of the molecule is CN(C)C1(Cc2ccccc2)CCC(NC2c3ccccc3-c3ccccc32)CC1. The molecule has 1 N–H and O–H groups in total. The third-order valence-corrected chi connectivity index (χ3v) is 7.48. The molecule has 0 amide bonds. The van der Waals surface area contributed by atoms with Gasteiger partial charge in [0.25, 0.3) is 0 Å². The first kappa shape index (κ1) is 19.5. The summed E-state index contributed by atoms with van der Waals surface area (Å²) in [5.74, 6) is 0. The Hall–Kier alpha value is -2.42. The van der Waals surface area contributed by atoms with Crippen LogP contribution in [0.15, 0.2) is 78.9 Å². The van der Waals surface area contributed by atoms with E-state index >= 15 is 0 Å². The zero-order valence-electron chi connectivity index (χ0n) is 18.1. The quantitative estimate of drug-likeness (QED) is 0.583. The lowest BCUT2D eigenvalue weighted by atomic mass is 9.74. The van der Waals surface area contributed by atoms with Gasteiger partial charge in [-0.3, -0.25) is 0 Å². The molecule has 3 aromatic carbocycles. The second kappa shape index (κ2) is 8.02. The molecule has 0 atom stereocenters. The molecule has 0 unspecified atom stereocenters. The summed E-state index contributed by atoms with van der Waals surface area (Å²) in [5.41, 5.74) is 7.39. The average Bonchev–Trinajstić information content (AvgIpc) is 3.10. The molecule has 2 nitrogen and oxygen atoms in total. The fourth-order valence-corrected chi connectivity index (χ4v) is 5.65. The van der Waals surface area contributed by atoms with Gasteiger partial charge in [0.05, 0.1) is 6.04 Å². The minimum atomic E-state index is 0.269. The number of nitrogens with zero attached hydrogens (tertiary/aromatic N) is 1. The number of rotatable bonds is 5. The zero-order chi connectivity index (χ0) is 20.6. The van der Waals surface area contributed by atoms with Crippen LogP contribution < -0.4 is 5.32 Å². The molecule has 2 aliphatic carbocycles. The molecule has 30 heavy (non-hydrogen) atoms. The van der Waals surface area contributed by atoms with Crippen molar-refractivity contribution < 1.29 is 0 Å². The van der Waals surface area contributed by atoms with Crippen LogP contribution in [0.4, 0.5) is 0 Å². The highest BCUT2D eigenvalue weighted by Gasteiger charge is 2.38. The molecule has 0 aromatic heterocycles. The Kier molecular flexibility index (Phi) is 5.22. The maximum absolute atomic E-state index is 4.05. The van der Waals surface area contributed by atoms with Crippen molar-refractivity contribution in [1.29, 1.82) is 0 Å². The van der Waals surface area contributed by atoms with Crippen LogP contribution in [0.3, 0.4) is 0 Å². The lowest BCUT2D eigenvalue weighted by molar-refractivity contribution is 0.0861. The summed E-state index contributed by atoms with van der Waals surface area (Å²) in [6.07, 6.45) is 6.07. The first-order valence-electron chi connectivity index (χ1n) is 11.3. The fraction of sp³-hybridized carbons (Fsp3) is 0.357. The molecule has 154 valence electrons. The van der Waals surface area contributed by atoms with Crippen molar-refractivity contribution in [3.05, 3.63) is 95.6 Å². The van der Waals surface area contributed by atoms with E-state index < -0.39 is 0 Å². The normalized spacial score (nSPS) is 23.4. The predicted octanol–water partition coefficient (Wildman–Crippen LogP) is 5.83. The number of benzene rings is 3. The maximum atomic E-state index is 4.05. The van der Waals surface area contributed by atoms with Gasteiger partial charge < -0.3 is 10.2 Å². The van der Waals surface area contributed by atoms with Gasteiger partial charge in [-0.15, -0.1) is 0 Å². The van der Waals surface area contributed by atoms with Crippen molar-refractivity contribution in [3.8, 4) is 11.1 Å². The largest absolute Gasteiger partial charge is 0.303 e. The molecular weight excluding hydrogens is 364 g/mol. The van der Waals surface area contributed by atoms with Gasteiger partial charge in [0.2, 0.25) is 0 Å². The second-order valence-electron chi connectivity index (χ2n) is 9.33. The molecule has 0 heterocycles. The smallest absolute Gasteiger partial charge is 0.0591 e. The number of hydrogen-bond acceptors (Lipinski definition) is 2. The van der Waals surface area contributed by atoms with Gasteiger partial charge in [0.1, 0.15) is 0 Å². The summed E-state index contributed by atoms with van der Waals surface area (Å²) in [4.78, 5) is 2.48. The first-order chi connectivity index (χ1) is 14.7. The van der Waals surface area contributed by atoms with E-state index in [1.807, 2.05) is 0 Å². The topological polar surface area (TPSA) is 15.3 Å². The molecule has 3 aromatic rings. The highest BCUT2D eigenvalue weighted by molar-refractivity contribution is 5.78. The van der Waals surface area contributed by atoms with E-state index in [0.29, 0.717) is 12.1 Å². The third kappa shape index (κ3) is 3.49. The molecule has 2 aliphatic rings. The van der Waals surface area contributed by atoms with E-state index in [-0.39, 0.29) is 5.54 Å². The molecule has 0 bridgehead atoms. The monoisotopic (exact) mass is 396 g/mol. The molecule has 1 fully saturated rings. The third-order valence-electron chi connectivity index (χ3n) is 7.48. The summed E-state index contributed by atoms with van der Waals surface area (Å²) in [6, 6.07) is 29.7. The van der Waals surface area contributed by atoms with Crippen molar-refractivity contribution in [2.75, 3.05) is 14.1 Å². The van der Waals surface area contributed by atoms with E-state index in [4.69, 9.17) is 0 Å². The van der Waals surface area contributed by atoms with Crippen molar-refractivity contribution in [3.63, 3.8) is 0 Å². The Morgan fingerprint density at radius 1 is 0.767 bits per heavy atom. The zero-order valence-corrected chi connectivity index (χ0v) is 18.1. The van der Waals surface area contributed by atoms with Crippen LogP contribution in [0, 0.1) is 0 Å². The summed E-state index contributed by atoms with van der Waals surface area (Å²) >= 11 is 0. The molecule has 0 spiro atoms. The molecule has 0 radical (unpaired) electrons. The molecule has 0 aliphatic heterocycles. The van der Waals surface area contributed by atoms with Gasteiger partial charge in [-0.1, -0.05) is 78.9 Å². The first-order valence-corrected chi connectivity index (χ1v) is 11.3. The minimum absolute atomic E-state index is 0.269. The van der Waals surface area contributed by atoms with E-state index in [0.717, 1.165) is 6.42 Å². The van der Waals surface area contributed by atoms with Crippen molar-refractivity contribution in [1.82, 2.24) is 10.2 Å². The predicted molar refractivity (Wildman–Crippen MR) is 126 cm³/mol. The van der Waals surface area contributed by atoms with Crippen LogP contribution in [0.1, 0.15) is 48.4 Å². The van der Waals surface area contributed by atoms with Gasteiger partial charge in [-0.2, -0.15) is 0 Å². The van der Waals surface area contributed by atoms with Crippen LogP contribution in [-0.2, 0) is 6.42 Å². The highest BCUT2D eigenvalue weighted by atomic mass is 15.1. The van der Waals surface area contributed by atoms with Crippen LogP contribution in [0.5, 0.6) is 0 Å². The second-order valence-corrected chi connectivity index (χ2v) is 9.33. The summed E-state index contributed by atoms with van der Waals surface area (Å²) < 4.78 is 0. The van der Waals surface area contributed by atoms with Gasteiger partial charge in [-0.25, -0.2) is 0 Å². The lowest BCUT2D eigenvalue weighted by Crippen LogP contribution is -2.51. The molecule has 0 saturated heterocycles. The van der Waals surface area contributed by atoms with E-state index in [1.165, 1.54) is 53.5 Å². The van der Waals surface area contributed by atoms with Crippen LogP contribution in [0.25, 0.3) is 11.1 Å². The van der Waals surface area contributed by atoms with Crippen molar-refractivity contribution in [2.24, 2.45) is 0 Å². The van der Waals surface area contributed by atoms with Crippen molar-refractivity contribution >= 4 is 0 Å².